The van der Waals surface area contributed by atoms with Crippen molar-refractivity contribution in [1.82, 2.24) is 0 Å². The summed E-state index contributed by atoms with van der Waals surface area (Å²) in [7, 11) is 0. The molecule has 0 aromatic rings. The monoisotopic (exact) mass is 122 g/mol. The molecule has 0 aliphatic carbocycles. The van der Waals surface area contributed by atoms with Crippen molar-refractivity contribution in [3.63, 3.8) is 0 Å². The molecule has 0 fully saturated rings. The summed E-state index contributed by atoms with van der Waals surface area (Å²) in [6.45, 7) is 5.95. The number of allylic oxidation sites excluding steroid dienone is 1. The van der Waals surface area contributed by atoms with E-state index in [0.29, 0.717) is 0 Å². The number of hydrogen-bond acceptors (Lipinski definition) is 0. The molecular weight excluding hydrogens is 108 g/mol. The normalized spacial score (nSPS) is 8.12. The van der Waals surface area contributed by atoms with E-state index >= 15 is 0 Å². The average molecular weight is 122 g/mol. The van der Waals surface area contributed by atoms with Gasteiger partial charge in [0, 0.05) is 0 Å². The molecule has 1 heteroatoms. The molecule has 0 unspecified atom stereocenters. The van der Waals surface area contributed by atoms with Crippen LogP contribution in [0, 0.1) is 0 Å². The first-order chi connectivity index (χ1) is 3.91. The van der Waals surface area contributed by atoms with Crippen LogP contribution in [0.1, 0.15) is 19.8 Å². The van der Waals surface area contributed by atoms with E-state index in [9.17, 15) is 0 Å². The number of hydrogen-bond donors (Lipinski definition) is 0. The van der Waals surface area contributed by atoms with Crippen LogP contribution in [0.2, 0.25) is 9.10 Å². The van der Waals surface area contributed by atoms with Gasteiger partial charge in [-0.2, -0.15) is 0 Å². The second-order valence-electron chi connectivity index (χ2n) is 2.14. The van der Waals surface area contributed by atoms with Crippen LogP contribution < -0.4 is 0 Å². The van der Waals surface area contributed by atoms with Gasteiger partial charge in [0.25, 0.3) is 0 Å². The molecule has 0 saturated heterocycles. The standard InChI is InChI=1S/C4H9.C3H5.Mg/c1-3-4-2;1-3-2;/h1,3-4H2,2H3;3H,1-2H2;. The first-order valence-electron chi connectivity index (χ1n) is 3.52. The summed E-state index contributed by atoms with van der Waals surface area (Å²) in [6.07, 6.45) is 4.87. The van der Waals surface area contributed by atoms with Gasteiger partial charge in [-0.05, 0) is 0 Å². The Labute approximate surface area is 62.1 Å². The van der Waals surface area contributed by atoms with Crippen molar-refractivity contribution >= 4 is 20.4 Å². The fourth-order valence-corrected chi connectivity index (χ4v) is 2.15. The van der Waals surface area contributed by atoms with Crippen molar-refractivity contribution in [3.8, 4) is 0 Å². The summed E-state index contributed by atoms with van der Waals surface area (Å²) in [5, 5.41) is 0. The maximum absolute atomic E-state index is 3.69. The van der Waals surface area contributed by atoms with E-state index in [2.05, 4.69) is 19.6 Å². The summed E-state index contributed by atoms with van der Waals surface area (Å²) in [6, 6.07) is 0. The Hall–Kier alpha value is 0.506. The molecule has 0 amide bonds. The van der Waals surface area contributed by atoms with Crippen LogP contribution in [-0.4, -0.2) is 20.4 Å². The molecule has 0 saturated carbocycles. The van der Waals surface area contributed by atoms with Gasteiger partial charge in [0.1, 0.15) is 0 Å². The quantitative estimate of drug-likeness (QED) is 0.299. The largest absolute Gasteiger partial charge is 0.369 e. The molecule has 8 heavy (non-hydrogen) atoms. The molecule has 0 aromatic carbocycles. The summed E-state index contributed by atoms with van der Waals surface area (Å²) in [5.41, 5.74) is 0. The molecule has 0 N–H and O–H groups in total. The lowest BCUT2D eigenvalue weighted by atomic mass is 10.4. The van der Waals surface area contributed by atoms with Crippen LogP contribution in [0.15, 0.2) is 12.7 Å². The van der Waals surface area contributed by atoms with Crippen LogP contribution in [0.5, 0.6) is 0 Å². The smallest absolute Gasteiger partial charge is 0.145 e. The van der Waals surface area contributed by atoms with Crippen molar-refractivity contribution in [2.45, 2.75) is 28.9 Å². The fourth-order valence-electron chi connectivity index (χ4n) is 0.715. The highest BCUT2D eigenvalue weighted by Crippen LogP contribution is 1.95. The van der Waals surface area contributed by atoms with Gasteiger partial charge in [-0.25, -0.2) is 0 Å². The van der Waals surface area contributed by atoms with Crippen molar-refractivity contribution in [1.29, 1.82) is 0 Å². The van der Waals surface area contributed by atoms with Gasteiger partial charge in [0.2, 0.25) is 0 Å². The third-order valence-electron chi connectivity index (χ3n) is 1.26. The summed E-state index contributed by atoms with van der Waals surface area (Å²) >= 11 is 0.282. The molecule has 0 aliphatic rings. The molecule has 44 valence electrons. The Morgan fingerprint density at radius 3 is 2.88 bits per heavy atom. The molecular formula is C7H14Mg. The molecule has 0 nitrogen and oxygen atoms in total. The minimum Gasteiger partial charge on any atom is -0.145 e. The Morgan fingerprint density at radius 1 is 1.62 bits per heavy atom. The zero-order valence-electron chi connectivity index (χ0n) is 5.82. The predicted molar refractivity (Wildman–Crippen MR) is 40.5 cm³/mol. The van der Waals surface area contributed by atoms with E-state index in [1.165, 1.54) is 21.9 Å². The van der Waals surface area contributed by atoms with Gasteiger partial charge in [0.15, 0.2) is 0 Å². The predicted octanol–water partition coefficient (Wildman–Crippen LogP) is 2.51. The summed E-state index contributed by atoms with van der Waals surface area (Å²) in [5.74, 6) is 0. The highest BCUT2D eigenvalue weighted by molar-refractivity contribution is 6.35. The van der Waals surface area contributed by atoms with Gasteiger partial charge in [-0.3, -0.25) is 0 Å². The molecule has 0 aliphatic heterocycles. The molecule has 0 radical (unpaired) electrons. The van der Waals surface area contributed by atoms with Crippen molar-refractivity contribution in [3.05, 3.63) is 12.7 Å². The van der Waals surface area contributed by atoms with E-state index in [1.807, 2.05) is 0 Å². The van der Waals surface area contributed by atoms with E-state index in [4.69, 9.17) is 0 Å². The Bertz CT molecular complexity index is 50.3. The van der Waals surface area contributed by atoms with Gasteiger partial charge in [-0.1, -0.05) is 19.8 Å². The van der Waals surface area contributed by atoms with E-state index in [-0.39, 0.29) is 20.4 Å². The maximum atomic E-state index is 3.69. The van der Waals surface area contributed by atoms with Crippen LogP contribution >= 0.6 is 0 Å². The lowest BCUT2D eigenvalue weighted by Gasteiger charge is -1.88. The molecule has 0 atom stereocenters. The fraction of sp³-hybridized carbons (Fsp3) is 0.714. The number of rotatable bonds is 5. The highest BCUT2D eigenvalue weighted by Gasteiger charge is 1.88. The first kappa shape index (κ1) is 8.51. The Morgan fingerprint density at radius 2 is 2.38 bits per heavy atom. The minimum atomic E-state index is 0.282. The second kappa shape index (κ2) is 7.51. The van der Waals surface area contributed by atoms with Gasteiger partial charge in [0.05, 0.1) is 0 Å². The van der Waals surface area contributed by atoms with E-state index < -0.39 is 0 Å². The zero-order chi connectivity index (χ0) is 6.24. The summed E-state index contributed by atoms with van der Waals surface area (Å²) in [4.78, 5) is 0. The Balaban J connectivity index is 2.62. The minimum absolute atomic E-state index is 0.282. The topological polar surface area (TPSA) is 0 Å². The van der Waals surface area contributed by atoms with Crippen LogP contribution in [0.25, 0.3) is 0 Å². The van der Waals surface area contributed by atoms with Crippen molar-refractivity contribution in [2.75, 3.05) is 0 Å². The SMILES string of the molecule is C=C[CH2][Mg][CH2]CCC. The molecule has 0 heterocycles. The van der Waals surface area contributed by atoms with E-state index in [0.717, 1.165) is 0 Å². The average Bonchev–Trinajstić information content (AvgIpc) is 1.81. The van der Waals surface area contributed by atoms with Crippen LogP contribution in [0.3, 0.4) is 0 Å². The van der Waals surface area contributed by atoms with Gasteiger partial charge >= 0.3 is 20.4 Å². The molecule has 0 spiro atoms. The lowest BCUT2D eigenvalue weighted by Crippen LogP contribution is -1.84. The van der Waals surface area contributed by atoms with Crippen LogP contribution in [-0.2, 0) is 0 Å². The third-order valence-corrected chi connectivity index (χ3v) is 3.08. The number of unbranched alkanes of at least 4 members (excludes halogenated alkanes) is 1. The lowest BCUT2D eigenvalue weighted by molar-refractivity contribution is 0.879. The highest BCUT2D eigenvalue weighted by atomic mass is 24.5. The molecule has 0 bridgehead atoms. The van der Waals surface area contributed by atoms with Gasteiger partial charge in [-0.15, -0.1) is 21.8 Å². The first-order valence-corrected chi connectivity index (χ1v) is 5.52. The third kappa shape index (κ3) is 6.51. The summed E-state index contributed by atoms with van der Waals surface area (Å²) < 4.78 is 2.85. The molecule has 0 aromatic heterocycles. The van der Waals surface area contributed by atoms with Crippen LogP contribution in [0.4, 0.5) is 0 Å². The van der Waals surface area contributed by atoms with Gasteiger partial charge < -0.3 is 0 Å². The van der Waals surface area contributed by atoms with Crippen molar-refractivity contribution < 1.29 is 0 Å². The molecule has 0 rings (SSSR count). The maximum Gasteiger partial charge on any atom is 0.369 e. The Kier molecular flexibility index (Phi) is 7.98. The zero-order valence-corrected chi connectivity index (χ0v) is 7.23. The second-order valence-corrected chi connectivity index (χ2v) is 4.13. The van der Waals surface area contributed by atoms with Crippen molar-refractivity contribution in [2.24, 2.45) is 0 Å². The van der Waals surface area contributed by atoms with E-state index in [1.54, 1.807) is 0 Å².